The molecule has 3 nitrogen and oxygen atoms in total. The van der Waals surface area contributed by atoms with Gasteiger partial charge in [-0.3, -0.25) is 0 Å². The van der Waals surface area contributed by atoms with Crippen LogP contribution in [0.3, 0.4) is 0 Å². The van der Waals surface area contributed by atoms with Gasteiger partial charge in [0.25, 0.3) is 0 Å². The average molecular weight is 276 g/mol. The Kier molecular flexibility index (Phi) is 5.41. The van der Waals surface area contributed by atoms with Crippen molar-refractivity contribution in [1.29, 1.82) is 0 Å². The monoisotopic (exact) mass is 276 g/mol. The molecule has 0 saturated heterocycles. The predicted molar refractivity (Wildman–Crippen MR) is 82.8 cm³/mol. The highest BCUT2D eigenvalue weighted by Crippen LogP contribution is 2.30. The Bertz CT molecular complexity index is 392. The van der Waals surface area contributed by atoms with Crippen molar-refractivity contribution in [1.82, 2.24) is 10.3 Å². The number of ether oxygens (including phenoxy) is 1. The van der Waals surface area contributed by atoms with Gasteiger partial charge in [0, 0.05) is 24.8 Å². The Balaban J connectivity index is 1.87. The fourth-order valence-electron chi connectivity index (χ4n) is 3.05. The molecule has 2 atom stereocenters. The summed E-state index contributed by atoms with van der Waals surface area (Å²) in [4.78, 5) is 4.44. The van der Waals surface area contributed by atoms with Crippen LogP contribution >= 0.6 is 0 Å². The lowest BCUT2D eigenvalue weighted by molar-refractivity contribution is 0.0967. The summed E-state index contributed by atoms with van der Waals surface area (Å²) < 4.78 is 6.05. The third-order valence-electron chi connectivity index (χ3n) is 3.93. The summed E-state index contributed by atoms with van der Waals surface area (Å²) in [5.74, 6) is 2.29. The molecule has 0 aliphatic heterocycles. The number of pyridine rings is 1. The molecule has 1 aromatic rings. The van der Waals surface area contributed by atoms with Crippen LogP contribution in [-0.2, 0) is 6.54 Å². The summed E-state index contributed by atoms with van der Waals surface area (Å²) >= 11 is 0. The molecule has 1 heterocycles. The largest absolute Gasteiger partial charge is 0.474 e. The maximum atomic E-state index is 6.05. The fourth-order valence-corrected chi connectivity index (χ4v) is 3.05. The lowest BCUT2D eigenvalue weighted by Gasteiger charge is -2.31. The molecule has 112 valence electrons. The molecule has 0 bridgehead atoms. The second-order valence-electron chi connectivity index (χ2n) is 6.70. The third-order valence-corrected chi connectivity index (χ3v) is 3.93. The summed E-state index contributed by atoms with van der Waals surface area (Å²) in [5, 5.41) is 3.39. The zero-order chi connectivity index (χ0) is 14.5. The van der Waals surface area contributed by atoms with Crippen LogP contribution in [0.4, 0.5) is 0 Å². The molecule has 0 amide bonds. The molecule has 0 radical (unpaired) electrons. The van der Waals surface area contributed by atoms with E-state index in [0.717, 1.165) is 37.1 Å². The van der Waals surface area contributed by atoms with E-state index in [1.165, 1.54) is 12.0 Å². The summed E-state index contributed by atoms with van der Waals surface area (Å²) in [6, 6.07) is 4.60. The van der Waals surface area contributed by atoms with Crippen molar-refractivity contribution in [3.05, 3.63) is 23.9 Å². The fraction of sp³-hybridized carbons (Fsp3) is 0.706. The summed E-state index contributed by atoms with van der Waals surface area (Å²) in [5.41, 5.74) is 1.21. The van der Waals surface area contributed by atoms with Gasteiger partial charge in [-0.05, 0) is 36.7 Å². The lowest BCUT2D eigenvalue weighted by Crippen LogP contribution is -2.28. The Morgan fingerprint density at radius 2 is 1.90 bits per heavy atom. The molecule has 1 aliphatic carbocycles. The Morgan fingerprint density at radius 3 is 2.45 bits per heavy atom. The number of hydrogen-bond donors (Lipinski definition) is 1. The molecular formula is C17H28N2O. The molecule has 20 heavy (non-hydrogen) atoms. The molecule has 0 spiro atoms. The van der Waals surface area contributed by atoms with Gasteiger partial charge in [-0.15, -0.1) is 0 Å². The first-order chi connectivity index (χ1) is 9.52. The normalized spacial score (nSPS) is 26.8. The minimum absolute atomic E-state index is 0.334. The SMILES string of the molecule is CC1CC(C)CC(Oc2ccc(CNC(C)C)cn2)C1. The number of rotatable bonds is 5. The zero-order valence-corrected chi connectivity index (χ0v) is 13.2. The van der Waals surface area contributed by atoms with Gasteiger partial charge < -0.3 is 10.1 Å². The van der Waals surface area contributed by atoms with Gasteiger partial charge in [0.1, 0.15) is 6.10 Å². The number of aromatic nitrogens is 1. The van der Waals surface area contributed by atoms with Crippen molar-refractivity contribution < 1.29 is 4.74 Å². The highest BCUT2D eigenvalue weighted by Gasteiger charge is 2.25. The van der Waals surface area contributed by atoms with Gasteiger partial charge in [0.2, 0.25) is 5.88 Å². The second-order valence-corrected chi connectivity index (χ2v) is 6.70. The molecule has 3 heteroatoms. The van der Waals surface area contributed by atoms with Gasteiger partial charge >= 0.3 is 0 Å². The van der Waals surface area contributed by atoms with E-state index < -0.39 is 0 Å². The molecule has 2 unspecified atom stereocenters. The summed E-state index contributed by atoms with van der Waals surface area (Å²) in [6.45, 7) is 9.80. The first kappa shape index (κ1) is 15.3. The number of hydrogen-bond acceptors (Lipinski definition) is 3. The predicted octanol–water partition coefficient (Wildman–Crippen LogP) is 3.78. The zero-order valence-electron chi connectivity index (χ0n) is 13.2. The van der Waals surface area contributed by atoms with Crippen molar-refractivity contribution in [2.45, 2.75) is 65.6 Å². The number of nitrogens with zero attached hydrogens (tertiary/aromatic N) is 1. The lowest BCUT2D eigenvalue weighted by atomic mass is 9.82. The molecule has 1 aromatic heterocycles. The van der Waals surface area contributed by atoms with E-state index in [2.05, 4.69) is 44.1 Å². The molecule has 1 saturated carbocycles. The van der Waals surface area contributed by atoms with Crippen LogP contribution in [0, 0.1) is 11.8 Å². The van der Waals surface area contributed by atoms with E-state index in [1.807, 2.05) is 12.3 Å². The van der Waals surface area contributed by atoms with E-state index in [1.54, 1.807) is 0 Å². The molecule has 1 fully saturated rings. The Hall–Kier alpha value is -1.09. The van der Waals surface area contributed by atoms with Gasteiger partial charge in [-0.2, -0.15) is 0 Å². The van der Waals surface area contributed by atoms with Crippen molar-refractivity contribution >= 4 is 0 Å². The van der Waals surface area contributed by atoms with E-state index >= 15 is 0 Å². The van der Waals surface area contributed by atoms with Crippen molar-refractivity contribution in [3.8, 4) is 5.88 Å². The number of nitrogens with one attached hydrogen (secondary N) is 1. The van der Waals surface area contributed by atoms with Gasteiger partial charge in [0.15, 0.2) is 0 Å². The van der Waals surface area contributed by atoms with Crippen molar-refractivity contribution in [3.63, 3.8) is 0 Å². The minimum atomic E-state index is 0.334. The topological polar surface area (TPSA) is 34.1 Å². The van der Waals surface area contributed by atoms with Crippen LogP contribution in [0.5, 0.6) is 5.88 Å². The molecule has 1 N–H and O–H groups in total. The van der Waals surface area contributed by atoms with Crippen LogP contribution in [0.15, 0.2) is 18.3 Å². The first-order valence-corrected chi connectivity index (χ1v) is 7.88. The first-order valence-electron chi connectivity index (χ1n) is 7.88. The maximum Gasteiger partial charge on any atom is 0.213 e. The maximum absolute atomic E-state index is 6.05. The summed E-state index contributed by atoms with van der Waals surface area (Å²) in [6.07, 6.45) is 5.89. The molecule has 0 aromatic carbocycles. The molecule has 1 aliphatic rings. The van der Waals surface area contributed by atoms with E-state index in [-0.39, 0.29) is 0 Å². The van der Waals surface area contributed by atoms with Crippen LogP contribution in [0.2, 0.25) is 0 Å². The highest BCUT2D eigenvalue weighted by atomic mass is 16.5. The summed E-state index contributed by atoms with van der Waals surface area (Å²) in [7, 11) is 0. The average Bonchev–Trinajstić information content (AvgIpc) is 2.36. The van der Waals surface area contributed by atoms with Crippen molar-refractivity contribution in [2.75, 3.05) is 0 Å². The van der Waals surface area contributed by atoms with Crippen molar-refractivity contribution in [2.24, 2.45) is 11.8 Å². The highest BCUT2D eigenvalue weighted by molar-refractivity contribution is 5.18. The van der Waals surface area contributed by atoms with Crippen LogP contribution < -0.4 is 10.1 Å². The smallest absolute Gasteiger partial charge is 0.213 e. The van der Waals surface area contributed by atoms with Crippen LogP contribution in [0.25, 0.3) is 0 Å². The van der Waals surface area contributed by atoms with Crippen LogP contribution in [-0.4, -0.2) is 17.1 Å². The third kappa shape index (κ3) is 4.78. The van der Waals surface area contributed by atoms with E-state index in [9.17, 15) is 0 Å². The van der Waals surface area contributed by atoms with Gasteiger partial charge in [0.05, 0.1) is 0 Å². The van der Waals surface area contributed by atoms with E-state index in [4.69, 9.17) is 4.74 Å². The quantitative estimate of drug-likeness (QED) is 0.888. The Labute approximate surface area is 123 Å². The second kappa shape index (κ2) is 7.07. The molecular weight excluding hydrogens is 248 g/mol. The standard InChI is InChI=1S/C17H28N2O/c1-12(2)18-10-15-5-6-17(19-11-15)20-16-8-13(3)7-14(4)9-16/h5-6,11-14,16,18H,7-10H2,1-4H3. The van der Waals surface area contributed by atoms with E-state index in [0.29, 0.717) is 12.1 Å². The molecule has 2 rings (SSSR count). The Morgan fingerprint density at radius 1 is 1.20 bits per heavy atom. The van der Waals surface area contributed by atoms with Gasteiger partial charge in [-0.25, -0.2) is 4.98 Å². The minimum Gasteiger partial charge on any atom is -0.474 e. The van der Waals surface area contributed by atoms with Crippen LogP contribution in [0.1, 0.15) is 52.5 Å². The van der Waals surface area contributed by atoms with Gasteiger partial charge in [-0.1, -0.05) is 33.8 Å².